The van der Waals surface area contributed by atoms with E-state index in [9.17, 15) is 8.78 Å². The Morgan fingerprint density at radius 3 is 2.75 bits per heavy atom. The van der Waals surface area contributed by atoms with Gasteiger partial charge in [0, 0.05) is 19.6 Å². The molecule has 1 aliphatic rings. The second-order valence-corrected chi connectivity index (χ2v) is 3.12. The van der Waals surface area contributed by atoms with Crippen molar-refractivity contribution in [3.8, 4) is 0 Å². The molecule has 1 heterocycles. The largest absolute Gasteiger partial charge is 0.385 e. The molecule has 1 unspecified atom stereocenters. The summed E-state index contributed by atoms with van der Waals surface area (Å²) in [6.45, 7) is 0.983. The normalized spacial score (nSPS) is 29.5. The fourth-order valence-electron chi connectivity index (χ4n) is 1.29. The number of nitrogens with zero attached hydrogens (tertiary/aromatic N) is 1. The molecule has 72 valence electrons. The van der Waals surface area contributed by atoms with Crippen molar-refractivity contribution in [2.24, 2.45) is 0 Å². The molecule has 0 aromatic carbocycles. The van der Waals surface area contributed by atoms with Crippen LogP contribution in [0.4, 0.5) is 8.78 Å². The monoisotopic (exact) mass is 180 g/mol. The summed E-state index contributed by atoms with van der Waals surface area (Å²) < 4.78 is 25.4. The zero-order chi connectivity index (χ0) is 9.19. The van der Waals surface area contributed by atoms with Crippen molar-refractivity contribution in [1.82, 2.24) is 10.2 Å². The first-order valence-electron chi connectivity index (χ1n) is 3.99. The number of alkyl halides is 2. The van der Waals surface area contributed by atoms with Gasteiger partial charge in [-0.25, -0.2) is 8.78 Å². The van der Waals surface area contributed by atoms with Gasteiger partial charge in [0.15, 0.2) is 0 Å². The molecule has 12 heavy (non-hydrogen) atoms. The van der Waals surface area contributed by atoms with Crippen molar-refractivity contribution in [2.45, 2.75) is 12.0 Å². The van der Waals surface area contributed by atoms with Crippen LogP contribution < -0.4 is 5.32 Å². The van der Waals surface area contributed by atoms with Gasteiger partial charge in [-0.3, -0.25) is 4.90 Å². The molecule has 3 nitrogen and oxygen atoms in total. The second kappa shape index (κ2) is 3.64. The molecule has 1 rings (SSSR count). The number of β-amino-alcohol motifs (C(OH)–C–C–N with tert-alkyl or cyclic N) is 1. The van der Waals surface area contributed by atoms with Crippen molar-refractivity contribution in [1.29, 1.82) is 0 Å². The highest BCUT2D eigenvalue weighted by Crippen LogP contribution is 2.26. The van der Waals surface area contributed by atoms with Gasteiger partial charge < -0.3 is 10.4 Å². The van der Waals surface area contributed by atoms with E-state index in [0.29, 0.717) is 13.1 Å². The molecule has 2 N–H and O–H groups in total. The number of likely N-dealkylation sites (tertiary alicyclic amines) is 1. The maximum absolute atomic E-state index is 12.7. The summed E-state index contributed by atoms with van der Waals surface area (Å²) in [6, 6.07) is 0. The molecule has 0 spiro atoms. The van der Waals surface area contributed by atoms with Gasteiger partial charge in [-0.1, -0.05) is 0 Å². The number of hydrogen-bond donors (Lipinski definition) is 2. The molecule has 0 saturated carbocycles. The maximum Gasteiger partial charge on any atom is 0.287 e. The fraction of sp³-hybridized carbons (Fsp3) is 1.00. The summed E-state index contributed by atoms with van der Waals surface area (Å²) in [5.41, 5.74) is 0. The Bertz CT molecular complexity index is 154. The van der Waals surface area contributed by atoms with E-state index in [-0.39, 0.29) is 13.1 Å². The van der Waals surface area contributed by atoms with Crippen LogP contribution in [0.1, 0.15) is 0 Å². The number of likely N-dealkylation sites (N-methyl/N-ethyl adjacent to an activating group) is 1. The minimum absolute atomic E-state index is 0.0781. The summed E-state index contributed by atoms with van der Waals surface area (Å²) in [6.07, 6.45) is -1.49. The van der Waals surface area contributed by atoms with E-state index >= 15 is 0 Å². The third-order valence-corrected chi connectivity index (χ3v) is 2.03. The first-order valence-corrected chi connectivity index (χ1v) is 3.99. The Morgan fingerprint density at radius 2 is 2.33 bits per heavy atom. The van der Waals surface area contributed by atoms with Crippen molar-refractivity contribution >= 4 is 0 Å². The van der Waals surface area contributed by atoms with Crippen LogP contribution in [-0.2, 0) is 0 Å². The first-order chi connectivity index (χ1) is 5.56. The summed E-state index contributed by atoms with van der Waals surface area (Å²) in [5, 5.41) is 11.8. The molecule has 0 amide bonds. The number of halogens is 2. The highest BCUT2D eigenvalue weighted by atomic mass is 19.3. The number of hydrogen-bond acceptors (Lipinski definition) is 3. The smallest absolute Gasteiger partial charge is 0.287 e. The molecule has 0 aromatic rings. The Hall–Kier alpha value is -0.260. The third kappa shape index (κ3) is 2.12. The van der Waals surface area contributed by atoms with Crippen LogP contribution in [0.15, 0.2) is 0 Å². The lowest BCUT2D eigenvalue weighted by molar-refractivity contribution is -0.0730. The van der Waals surface area contributed by atoms with Gasteiger partial charge in [-0.2, -0.15) is 0 Å². The molecular weight excluding hydrogens is 166 g/mol. The van der Waals surface area contributed by atoms with Gasteiger partial charge in [-0.15, -0.1) is 0 Å². The first kappa shape index (κ1) is 9.83. The van der Waals surface area contributed by atoms with Gasteiger partial charge in [0.05, 0.1) is 6.54 Å². The molecule has 0 radical (unpaired) electrons. The number of aliphatic hydroxyl groups is 1. The fourth-order valence-corrected chi connectivity index (χ4v) is 1.29. The third-order valence-electron chi connectivity index (χ3n) is 2.03. The standard InChI is InChI=1S/C7H14F2N2O/c1-10-2-3-11-4-6(12)7(8,9)5-11/h6,10,12H,2-5H2,1H3. The lowest BCUT2D eigenvalue weighted by Crippen LogP contribution is -2.32. The zero-order valence-corrected chi connectivity index (χ0v) is 7.06. The molecule has 1 fully saturated rings. The highest BCUT2D eigenvalue weighted by molar-refractivity contribution is 4.90. The van der Waals surface area contributed by atoms with E-state index in [4.69, 9.17) is 5.11 Å². The molecular formula is C7H14F2N2O. The van der Waals surface area contributed by atoms with Crippen molar-refractivity contribution in [2.75, 3.05) is 33.2 Å². The quantitative estimate of drug-likeness (QED) is 0.615. The summed E-state index contributed by atoms with van der Waals surface area (Å²) in [7, 11) is 1.77. The second-order valence-electron chi connectivity index (χ2n) is 3.12. The number of rotatable bonds is 3. The van der Waals surface area contributed by atoms with Gasteiger partial charge in [0.25, 0.3) is 5.92 Å². The van der Waals surface area contributed by atoms with Crippen LogP contribution >= 0.6 is 0 Å². The lowest BCUT2D eigenvalue weighted by Gasteiger charge is -2.13. The summed E-state index contributed by atoms with van der Waals surface area (Å²) in [4.78, 5) is 1.56. The minimum Gasteiger partial charge on any atom is -0.385 e. The van der Waals surface area contributed by atoms with E-state index in [1.165, 1.54) is 0 Å². The van der Waals surface area contributed by atoms with Crippen molar-refractivity contribution in [3.63, 3.8) is 0 Å². The highest BCUT2D eigenvalue weighted by Gasteiger charge is 2.46. The van der Waals surface area contributed by atoms with Gasteiger partial charge >= 0.3 is 0 Å². The molecule has 5 heteroatoms. The predicted octanol–water partition coefficient (Wildman–Crippen LogP) is -0.482. The SMILES string of the molecule is CNCCN1CC(O)C(F)(F)C1. The van der Waals surface area contributed by atoms with Crippen LogP contribution in [0.2, 0.25) is 0 Å². The Balaban J connectivity index is 2.33. The Labute approximate surface area is 70.4 Å². The van der Waals surface area contributed by atoms with Crippen LogP contribution in [-0.4, -0.2) is 55.3 Å². The Morgan fingerprint density at radius 1 is 1.67 bits per heavy atom. The van der Waals surface area contributed by atoms with Crippen LogP contribution in [0, 0.1) is 0 Å². The average molecular weight is 180 g/mol. The molecule has 1 atom stereocenters. The van der Waals surface area contributed by atoms with E-state index in [0.717, 1.165) is 0 Å². The summed E-state index contributed by atoms with van der Waals surface area (Å²) >= 11 is 0. The zero-order valence-electron chi connectivity index (χ0n) is 7.06. The number of aliphatic hydroxyl groups excluding tert-OH is 1. The van der Waals surface area contributed by atoms with Gasteiger partial charge in [-0.05, 0) is 7.05 Å². The van der Waals surface area contributed by atoms with E-state index in [1.807, 2.05) is 0 Å². The molecule has 1 saturated heterocycles. The maximum atomic E-state index is 12.7. The lowest BCUT2D eigenvalue weighted by atomic mass is 10.2. The topological polar surface area (TPSA) is 35.5 Å². The van der Waals surface area contributed by atoms with Crippen LogP contribution in [0.5, 0.6) is 0 Å². The van der Waals surface area contributed by atoms with Crippen molar-refractivity contribution in [3.05, 3.63) is 0 Å². The average Bonchev–Trinajstić information content (AvgIpc) is 2.22. The number of nitrogens with one attached hydrogen (secondary N) is 1. The van der Waals surface area contributed by atoms with E-state index < -0.39 is 12.0 Å². The van der Waals surface area contributed by atoms with Crippen molar-refractivity contribution < 1.29 is 13.9 Å². The van der Waals surface area contributed by atoms with Crippen LogP contribution in [0.25, 0.3) is 0 Å². The van der Waals surface area contributed by atoms with Gasteiger partial charge in [0.1, 0.15) is 6.10 Å². The van der Waals surface area contributed by atoms with E-state index in [1.54, 1.807) is 11.9 Å². The molecule has 1 aliphatic heterocycles. The summed E-state index contributed by atoms with van der Waals surface area (Å²) in [5.74, 6) is -2.92. The Kier molecular flexibility index (Phi) is 2.98. The van der Waals surface area contributed by atoms with E-state index in [2.05, 4.69) is 5.32 Å². The van der Waals surface area contributed by atoms with Crippen LogP contribution in [0.3, 0.4) is 0 Å². The van der Waals surface area contributed by atoms with Gasteiger partial charge in [0.2, 0.25) is 0 Å². The molecule has 0 aliphatic carbocycles. The molecule has 0 aromatic heterocycles. The molecule has 0 bridgehead atoms. The predicted molar refractivity (Wildman–Crippen MR) is 41.3 cm³/mol. The minimum atomic E-state index is -2.92.